The lowest BCUT2D eigenvalue weighted by Gasteiger charge is -2.01. The molecule has 2 aromatic rings. The van der Waals surface area contributed by atoms with E-state index >= 15 is 0 Å². The van der Waals surface area contributed by atoms with E-state index in [0.29, 0.717) is 11.5 Å². The topological polar surface area (TPSA) is 82.3 Å². The number of aromatic nitrogens is 1. The maximum Gasteiger partial charge on any atom is 0.309 e. The van der Waals surface area contributed by atoms with Crippen LogP contribution in [-0.4, -0.2) is 16.9 Å². The van der Waals surface area contributed by atoms with Gasteiger partial charge in [-0.1, -0.05) is 19.1 Å². The van der Waals surface area contributed by atoms with Gasteiger partial charge in [0.05, 0.1) is 11.6 Å². The van der Waals surface area contributed by atoms with E-state index in [0.717, 1.165) is 22.7 Å². The summed E-state index contributed by atoms with van der Waals surface area (Å²) in [7, 11) is 0. The molecular formula is C16H16N2O3S. The SMILES string of the molecule is CC1CC1C(=O)OCc1csc(-c2ccc(C(N)=O)cc2)n1. The Bertz CT molecular complexity index is 708. The van der Waals surface area contributed by atoms with Gasteiger partial charge in [-0.25, -0.2) is 4.98 Å². The second-order valence-electron chi connectivity index (χ2n) is 5.51. The Morgan fingerprint density at radius 3 is 2.64 bits per heavy atom. The molecule has 1 aromatic heterocycles. The highest BCUT2D eigenvalue weighted by molar-refractivity contribution is 7.13. The van der Waals surface area contributed by atoms with Gasteiger partial charge in [-0.3, -0.25) is 9.59 Å². The third-order valence-electron chi connectivity index (χ3n) is 3.74. The number of nitrogens with two attached hydrogens (primary N) is 1. The molecule has 1 aromatic carbocycles. The van der Waals surface area contributed by atoms with Crippen molar-refractivity contribution >= 4 is 23.2 Å². The first kappa shape index (κ1) is 14.7. The van der Waals surface area contributed by atoms with E-state index in [1.165, 1.54) is 11.3 Å². The van der Waals surface area contributed by atoms with Crippen LogP contribution in [0.1, 0.15) is 29.4 Å². The zero-order chi connectivity index (χ0) is 15.7. The summed E-state index contributed by atoms with van der Waals surface area (Å²) in [5.41, 5.74) is 7.32. The van der Waals surface area contributed by atoms with Crippen molar-refractivity contribution in [3.05, 3.63) is 40.9 Å². The molecule has 1 aliphatic rings. The summed E-state index contributed by atoms with van der Waals surface area (Å²) in [5.74, 6) is -0.0674. The van der Waals surface area contributed by atoms with Crippen molar-refractivity contribution in [3.8, 4) is 10.6 Å². The summed E-state index contributed by atoms with van der Waals surface area (Å²) in [5, 5.41) is 2.70. The molecule has 1 fully saturated rings. The summed E-state index contributed by atoms with van der Waals surface area (Å²) in [6, 6.07) is 6.96. The Morgan fingerprint density at radius 2 is 2.05 bits per heavy atom. The number of rotatable bonds is 5. The maximum absolute atomic E-state index is 11.7. The van der Waals surface area contributed by atoms with Crippen LogP contribution >= 0.6 is 11.3 Å². The number of amides is 1. The Balaban J connectivity index is 1.63. The highest BCUT2D eigenvalue weighted by atomic mass is 32.1. The molecule has 3 rings (SSSR count). The maximum atomic E-state index is 11.7. The van der Waals surface area contributed by atoms with Crippen molar-refractivity contribution in [2.75, 3.05) is 0 Å². The first-order valence-electron chi connectivity index (χ1n) is 7.06. The molecule has 0 saturated heterocycles. The number of nitrogens with zero attached hydrogens (tertiary/aromatic N) is 1. The minimum Gasteiger partial charge on any atom is -0.459 e. The molecule has 6 heteroatoms. The van der Waals surface area contributed by atoms with Crippen LogP contribution in [-0.2, 0) is 16.1 Å². The normalized spacial score (nSPS) is 19.7. The lowest BCUT2D eigenvalue weighted by molar-refractivity contribution is -0.146. The predicted octanol–water partition coefficient (Wildman–Crippen LogP) is 2.61. The minimum absolute atomic E-state index is 0.0689. The van der Waals surface area contributed by atoms with Crippen LogP contribution in [0.4, 0.5) is 0 Å². The third-order valence-corrected chi connectivity index (χ3v) is 4.68. The molecule has 1 amide bonds. The highest BCUT2D eigenvalue weighted by Crippen LogP contribution is 2.38. The number of hydrogen-bond acceptors (Lipinski definition) is 5. The zero-order valence-corrected chi connectivity index (χ0v) is 12.9. The zero-order valence-electron chi connectivity index (χ0n) is 12.1. The van der Waals surface area contributed by atoms with Gasteiger partial charge in [-0.15, -0.1) is 11.3 Å². The molecule has 2 atom stereocenters. The van der Waals surface area contributed by atoms with Crippen LogP contribution in [0.5, 0.6) is 0 Å². The summed E-state index contributed by atoms with van der Waals surface area (Å²) >= 11 is 1.47. The molecule has 1 aliphatic carbocycles. The number of primary amides is 1. The van der Waals surface area contributed by atoms with E-state index < -0.39 is 5.91 Å². The van der Waals surface area contributed by atoms with E-state index in [1.54, 1.807) is 24.3 Å². The van der Waals surface area contributed by atoms with Crippen molar-refractivity contribution < 1.29 is 14.3 Å². The lowest BCUT2D eigenvalue weighted by atomic mass is 10.1. The molecular weight excluding hydrogens is 300 g/mol. The van der Waals surface area contributed by atoms with E-state index in [1.807, 2.05) is 12.3 Å². The van der Waals surface area contributed by atoms with Gasteiger partial charge in [0.1, 0.15) is 11.6 Å². The number of thiazole rings is 1. The lowest BCUT2D eigenvalue weighted by Crippen LogP contribution is -2.10. The third kappa shape index (κ3) is 3.17. The number of benzene rings is 1. The van der Waals surface area contributed by atoms with Gasteiger partial charge in [-0.2, -0.15) is 0 Å². The molecule has 0 radical (unpaired) electrons. The summed E-state index contributed by atoms with van der Waals surface area (Å²) in [6.07, 6.45) is 0.924. The molecule has 0 aliphatic heterocycles. The van der Waals surface area contributed by atoms with E-state index in [2.05, 4.69) is 4.98 Å². The van der Waals surface area contributed by atoms with Crippen LogP contribution in [0.2, 0.25) is 0 Å². The number of carbonyl (C=O) groups is 2. The second-order valence-corrected chi connectivity index (χ2v) is 6.37. The average molecular weight is 316 g/mol. The number of hydrogen-bond donors (Lipinski definition) is 1. The fourth-order valence-electron chi connectivity index (χ4n) is 2.19. The fraction of sp³-hybridized carbons (Fsp3) is 0.312. The van der Waals surface area contributed by atoms with Crippen LogP contribution in [0.25, 0.3) is 10.6 Å². The number of esters is 1. The van der Waals surface area contributed by atoms with E-state index in [4.69, 9.17) is 10.5 Å². The molecule has 0 bridgehead atoms. The summed E-state index contributed by atoms with van der Waals surface area (Å²) < 4.78 is 5.27. The van der Waals surface area contributed by atoms with Gasteiger partial charge in [0.25, 0.3) is 0 Å². The number of carbonyl (C=O) groups excluding carboxylic acids is 2. The second kappa shape index (κ2) is 5.88. The van der Waals surface area contributed by atoms with Gasteiger partial charge in [0.15, 0.2) is 0 Å². The molecule has 114 valence electrons. The standard InChI is InChI=1S/C16H16N2O3S/c1-9-6-13(9)16(20)21-7-12-8-22-15(18-12)11-4-2-10(3-5-11)14(17)19/h2-5,8-9,13H,6-7H2,1H3,(H2,17,19). The Hall–Kier alpha value is -2.21. The fourth-order valence-corrected chi connectivity index (χ4v) is 3.00. The summed E-state index contributed by atoms with van der Waals surface area (Å²) in [6.45, 7) is 2.25. The van der Waals surface area contributed by atoms with Crippen molar-refractivity contribution in [2.24, 2.45) is 17.6 Å². The molecule has 2 unspecified atom stereocenters. The predicted molar refractivity (Wildman–Crippen MR) is 83.1 cm³/mol. The van der Waals surface area contributed by atoms with Gasteiger partial charge < -0.3 is 10.5 Å². The van der Waals surface area contributed by atoms with E-state index in [9.17, 15) is 9.59 Å². The quantitative estimate of drug-likeness (QED) is 0.860. The highest BCUT2D eigenvalue weighted by Gasteiger charge is 2.40. The first-order valence-corrected chi connectivity index (χ1v) is 7.94. The van der Waals surface area contributed by atoms with Gasteiger partial charge in [-0.05, 0) is 24.5 Å². The molecule has 5 nitrogen and oxygen atoms in total. The van der Waals surface area contributed by atoms with Crippen LogP contribution in [0.15, 0.2) is 29.6 Å². The minimum atomic E-state index is -0.451. The van der Waals surface area contributed by atoms with E-state index in [-0.39, 0.29) is 18.5 Å². The van der Waals surface area contributed by atoms with Crippen LogP contribution < -0.4 is 5.73 Å². The van der Waals surface area contributed by atoms with Gasteiger partial charge in [0.2, 0.25) is 5.91 Å². The Labute approximate surface area is 132 Å². The van der Waals surface area contributed by atoms with Gasteiger partial charge >= 0.3 is 5.97 Å². The molecule has 22 heavy (non-hydrogen) atoms. The molecule has 1 heterocycles. The van der Waals surface area contributed by atoms with Crippen molar-refractivity contribution in [1.29, 1.82) is 0 Å². The monoisotopic (exact) mass is 316 g/mol. The number of ether oxygens (including phenoxy) is 1. The van der Waals surface area contributed by atoms with Gasteiger partial charge in [0, 0.05) is 16.5 Å². The average Bonchev–Trinajstić information content (AvgIpc) is 3.06. The molecule has 0 spiro atoms. The molecule has 1 saturated carbocycles. The van der Waals surface area contributed by atoms with Crippen molar-refractivity contribution in [2.45, 2.75) is 20.0 Å². The largest absolute Gasteiger partial charge is 0.459 e. The van der Waals surface area contributed by atoms with Crippen LogP contribution in [0, 0.1) is 11.8 Å². The smallest absolute Gasteiger partial charge is 0.309 e. The first-order chi connectivity index (χ1) is 10.5. The van der Waals surface area contributed by atoms with Crippen molar-refractivity contribution in [1.82, 2.24) is 4.98 Å². The summed E-state index contributed by atoms with van der Waals surface area (Å²) in [4.78, 5) is 27.2. The molecule has 2 N–H and O–H groups in total. The Kier molecular flexibility index (Phi) is 3.94. The van der Waals surface area contributed by atoms with Crippen LogP contribution in [0.3, 0.4) is 0 Å². The Morgan fingerprint density at radius 1 is 1.36 bits per heavy atom. The van der Waals surface area contributed by atoms with Crippen molar-refractivity contribution in [3.63, 3.8) is 0 Å².